The van der Waals surface area contributed by atoms with E-state index in [-0.39, 0.29) is 11.7 Å². The van der Waals surface area contributed by atoms with Crippen molar-refractivity contribution < 1.29 is 14.6 Å². The lowest BCUT2D eigenvalue weighted by atomic mass is 10.1. The Bertz CT molecular complexity index is 303. The average Bonchev–Trinajstić information content (AvgIpc) is 2.26. The van der Waals surface area contributed by atoms with Crippen LogP contribution in [0.25, 0.3) is 0 Å². The van der Waals surface area contributed by atoms with Gasteiger partial charge in [0.1, 0.15) is 5.75 Å². The van der Waals surface area contributed by atoms with Crippen molar-refractivity contribution >= 4 is 5.97 Å². The number of rotatable bonds is 5. The highest BCUT2D eigenvalue weighted by Crippen LogP contribution is 2.11. The number of esters is 1. The van der Waals surface area contributed by atoms with Gasteiger partial charge in [0, 0.05) is 6.42 Å². The molecule has 1 rings (SSSR count). The largest absolute Gasteiger partial charge is 0.508 e. The topological polar surface area (TPSA) is 46.5 Å². The van der Waals surface area contributed by atoms with Crippen molar-refractivity contribution in [3.63, 3.8) is 0 Å². The van der Waals surface area contributed by atoms with Gasteiger partial charge in [0.15, 0.2) is 0 Å². The van der Waals surface area contributed by atoms with Gasteiger partial charge in [0.2, 0.25) is 0 Å². The predicted molar refractivity (Wildman–Crippen MR) is 57.7 cm³/mol. The summed E-state index contributed by atoms with van der Waals surface area (Å²) in [6, 6.07) is 7.06. The number of ether oxygens (including phenoxy) is 1. The Balaban J connectivity index is 2.20. The molecule has 3 nitrogen and oxygen atoms in total. The van der Waals surface area contributed by atoms with Crippen molar-refractivity contribution in [2.24, 2.45) is 0 Å². The number of hydrogen-bond acceptors (Lipinski definition) is 3. The molecule has 0 aliphatic heterocycles. The molecule has 0 bridgehead atoms. The van der Waals surface area contributed by atoms with Gasteiger partial charge in [-0.25, -0.2) is 0 Å². The summed E-state index contributed by atoms with van der Waals surface area (Å²) in [6.07, 6.45) is 2.10. The quantitative estimate of drug-likeness (QED) is 0.596. The minimum absolute atomic E-state index is 0.152. The molecule has 0 aromatic heterocycles. The molecule has 0 unspecified atom stereocenters. The monoisotopic (exact) mass is 208 g/mol. The van der Waals surface area contributed by atoms with E-state index in [0.29, 0.717) is 13.0 Å². The van der Waals surface area contributed by atoms with E-state index in [4.69, 9.17) is 9.84 Å². The predicted octanol–water partition coefficient (Wildman–Crippen LogP) is 2.28. The maximum Gasteiger partial charge on any atom is 0.305 e. The molecule has 82 valence electrons. The smallest absolute Gasteiger partial charge is 0.305 e. The fraction of sp³-hybridized carbons (Fsp3) is 0.417. The highest BCUT2D eigenvalue weighted by molar-refractivity contribution is 5.68. The molecule has 1 aromatic rings. The third kappa shape index (κ3) is 4.49. The number of phenols is 1. The molecule has 3 heteroatoms. The van der Waals surface area contributed by atoms with Gasteiger partial charge >= 0.3 is 5.97 Å². The SMILES string of the molecule is CCC(=O)OCCCc1ccc(O)cc1. The van der Waals surface area contributed by atoms with E-state index < -0.39 is 0 Å². The van der Waals surface area contributed by atoms with Gasteiger partial charge in [-0.05, 0) is 30.5 Å². The molecular weight excluding hydrogens is 192 g/mol. The summed E-state index contributed by atoms with van der Waals surface area (Å²) in [5, 5.41) is 9.06. The fourth-order valence-corrected chi connectivity index (χ4v) is 1.23. The van der Waals surface area contributed by atoms with Crippen molar-refractivity contribution in [2.75, 3.05) is 6.61 Å². The van der Waals surface area contributed by atoms with E-state index in [0.717, 1.165) is 18.4 Å². The Morgan fingerprint density at radius 3 is 2.60 bits per heavy atom. The zero-order chi connectivity index (χ0) is 11.1. The average molecular weight is 208 g/mol. The van der Waals surface area contributed by atoms with E-state index >= 15 is 0 Å². The maximum atomic E-state index is 10.8. The van der Waals surface area contributed by atoms with E-state index in [2.05, 4.69) is 0 Å². The van der Waals surface area contributed by atoms with Gasteiger partial charge in [-0.15, -0.1) is 0 Å². The first-order valence-electron chi connectivity index (χ1n) is 5.16. The molecule has 0 aliphatic carbocycles. The number of aryl methyl sites for hydroxylation is 1. The molecule has 0 aliphatic rings. The van der Waals surface area contributed by atoms with Crippen LogP contribution in [-0.2, 0) is 16.0 Å². The lowest BCUT2D eigenvalue weighted by molar-refractivity contribution is -0.143. The van der Waals surface area contributed by atoms with Crippen molar-refractivity contribution in [1.82, 2.24) is 0 Å². The van der Waals surface area contributed by atoms with Crippen LogP contribution in [0.2, 0.25) is 0 Å². The van der Waals surface area contributed by atoms with Gasteiger partial charge < -0.3 is 9.84 Å². The first kappa shape index (κ1) is 11.6. The van der Waals surface area contributed by atoms with Crippen molar-refractivity contribution in [1.29, 1.82) is 0 Å². The first-order valence-corrected chi connectivity index (χ1v) is 5.16. The van der Waals surface area contributed by atoms with Crippen LogP contribution in [0.15, 0.2) is 24.3 Å². The molecule has 0 radical (unpaired) electrons. The van der Waals surface area contributed by atoms with Crippen LogP contribution in [-0.4, -0.2) is 17.7 Å². The Morgan fingerprint density at radius 2 is 2.00 bits per heavy atom. The fourth-order valence-electron chi connectivity index (χ4n) is 1.23. The number of carbonyl (C=O) groups is 1. The summed E-state index contributed by atoms with van der Waals surface area (Å²) in [5.74, 6) is 0.122. The summed E-state index contributed by atoms with van der Waals surface area (Å²) in [6.45, 7) is 2.25. The highest BCUT2D eigenvalue weighted by Gasteiger charge is 1.98. The lowest BCUT2D eigenvalue weighted by Crippen LogP contribution is -2.04. The Morgan fingerprint density at radius 1 is 1.33 bits per heavy atom. The van der Waals surface area contributed by atoms with Gasteiger partial charge in [-0.3, -0.25) is 4.79 Å². The van der Waals surface area contributed by atoms with E-state index in [1.807, 2.05) is 12.1 Å². The molecule has 0 amide bonds. The van der Waals surface area contributed by atoms with E-state index in [1.54, 1.807) is 19.1 Å². The van der Waals surface area contributed by atoms with Gasteiger partial charge in [0.05, 0.1) is 6.61 Å². The van der Waals surface area contributed by atoms with Gasteiger partial charge in [-0.2, -0.15) is 0 Å². The molecule has 0 saturated heterocycles. The van der Waals surface area contributed by atoms with Crippen molar-refractivity contribution in [3.8, 4) is 5.75 Å². The second-order valence-corrected chi connectivity index (χ2v) is 3.34. The molecule has 1 aromatic carbocycles. The number of benzene rings is 1. The molecule has 1 N–H and O–H groups in total. The standard InChI is InChI=1S/C12H16O3/c1-2-12(14)15-9-3-4-10-5-7-11(13)8-6-10/h5-8,13H,2-4,9H2,1H3. The van der Waals surface area contributed by atoms with Gasteiger partial charge in [-0.1, -0.05) is 19.1 Å². The van der Waals surface area contributed by atoms with Crippen LogP contribution < -0.4 is 0 Å². The molecule has 0 saturated carbocycles. The molecule has 15 heavy (non-hydrogen) atoms. The van der Waals surface area contributed by atoms with Crippen LogP contribution in [0.4, 0.5) is 0 Å². The molecule has 0 atom stereocenters. The molecule has 0 heterocycles. The Hall–Kier alpha value is -1.51. The van der Waals surface area contributed by atoms with Crippen LogP contribution in [0.3, 0.4) is 0 Å². The molecule has 0 spiro atoms. The lowest BCUT2D eigenvalue weighted by Gasteiger charge is -2.03. The Labute approximate surface area is 89.7 Å². The number of carbonyl (C=O) groups excluding carboxylic acids is 1. The molecule has 0 fully saturated rings. The zero-order valence-electron chi connectivity index (χ0n) is 8.90. The van der Waals surface area contributed by atoms with Gasteiger partial charge in [0.25, 0.3) is 0 Å². The van der Waals surface area contributed by atoms with Crippen molar-refractivity contribution in [3.05, 3.63) is 29.8 Å². The van der Waals surface area contributed by atoms with Crippen LogP contribution in [0, 0.1) is 0 Å². The summed E-state index contributed by atoms with van der Waals surface area (Å²) in [4.78, 5) is 10.8. The highest BCUT2D eigenvalue weighted by atomic mass is 16.5. The summed E-state index contributed by atoms with van der Waals surface area (Å²) in [7, 11) is 0. The number of phenolic OH excluding ortho intramolecular Hbond substituents is 1. The summed E-state index contributed by atoms with van der Waals surface area (Å²) >= 11 is 0. The third-order valence-corrected chi connectivity index (χ3v) is 2.10. The summed E-state index contributed by atoms with van der Waals surface area (Å²) < 4.78 is 4.95. The Kier molecular flexibility index (Phi) is 4.68. The normalized spacial score (nSPS) is 9.93. The van der Waals surface area contributed by atoms with Crippen LogP contribution >= 0.6 is 0 Å². The minimum atomic E-state index is -0.152. The maximum absolute atomic E-state index is 10.8. The second kappa shape index (κ2) is 6.06. The van der Waals surface area contributed by atoms with E-state index in [9.17, 15) is 4.79 Å². The van der Waals surface area contributed by atoms with Crippen molar-refractivity contribution in [2.45, 2.75) is 26.2 Å². The van der Waals surface area contributed by atoms with Crippen LogP contribution in [0.5, 0.6) is 5.75 Å². The number of hydrogen-bond donors (Lipinski definition) is 1. The molecular formula is C12H16O3. The third-order valence-electron chi connectivity index (χ3n) is 2.10. The number of aromatic hydroxyl groups is 1. The second-order valence-electron chi connectivity index (χ2n) is 3.34. The van der Waals surface area contributed by atoms with E-state index in [1.165, 1.54) is 0 Å². The summed E-state index contributed by atoms with van der Waals surface area (Å²) in [5.41, 5.74) is 1.14. The first-order chi connectivity index (χ1) is 7.22. The van der Waals surface area contributed by atoms with Crippen LogP contribution in [0.1, 0.15) is 25.3 Å². The zero-order valence-corrected chi connectivity index (χ0v) is 8.90. The minimum Gasteiger partial charge on any atom is -0.508 e.